The molecule has 44 heteroatoms. The van der Waals surface area contributed by atoms with Gasteiger partial charge in [-0.15, -0.1) is 11.8 Å². The summed E-state index contributed by atoms with van der Waals surface area (Å²) in [6, 6.07) is -1.37. The maximum Gasteiger partial charge on any atom is 0.246 e. The fourth-order valence-corrected chi connectivity index (χ4v) is 17.4. The van der Waals surface area contributed by atoms with E-state index in [2.05, 4.69) is 67.8 Å². The van der Waals surface area contributed by atoms with E-state index in [0.717, 1.165) is 36.3 Å². The molecule has 9 rings (SSSR count). The number of nitrogens with two attached hydrogens (primary N) is 3. The number of phenolic OH excluding ortho intramolecular Hbond substituents is 1. The van der Waals surface area contributed by atoms with E-state index in [-0.39, 0.29) is 62.9 Å². The molecule has 43 nitrogen and oxygen atoms in total. The largest absolute Gasteiger partial charge is 0.508 e. The topological polar surface area (TPSA) is 651 Å². The van der Waals surface area contributed by atoms with Gasteiger partial charge in [0.2, 0.25) is 100 Å². The number of rotatable bonds is 25. The summed E-state index contributed by atoms with van der Waals surface area (Å²) in [5.41, 5.74) is 19.6. The molecule has 3 aromatic carbocycles. The van der Waals surface area contributed by atoms with Crippen molar-refractivity contribution < 1.29 is 107 Å². The van der Waals surface area contributed by atoms with Crippen LogP contribution < -0.4 is 65.1 Å². The van der Waals surface area contributed by atoms with E-state index in [1.54, 1.807) is 60.9 Å². The number of H-pyrrole nitrogens is 3. The zero-order valence-electron chi connectivity index (χ0n) is 75.0. The predicted molar refractivity (Wildman–Crippen MR) is 482 cm³/mol. The van der Waals surface area contributed by atoms with Crippen molar-refractivity contribution in [2.24, 2.45) is 23.1 Å². The monoisotopic (exact) mass is 1870 g/mol. The fraction of sp³-hybridized carbons (Fsp3) is 0.517. The molecule has 3 fully saturated rings. The number of imidazole rings is 1. The number of phenols is 1. The van der Waals surface area contributed by atoms with Crippen LogP contribution in [0, 0.1) is 5.92 Å². The molecule has 0 saturated carbocycles. The molecule has 133 heavy (non-hydrogen) atoms. The molecule has 3 saturated heterocycles. The molecule has 0 radical (unpaired) electrons. The van der Waals surface area contributed by atoms with Gasteiger partial charge in [0.1, 0.15) is 78.3 Å². The van der Waals surface area contributed by atoms with Gasteiger partial charge in [-0.2, -0.15) is 0 Å². The Balaban J connectivity index is 1.09. The zero-order chi connectivity index (χ0) is 97.0. The first kappa shape index (κ1) is 103. The van der Waals surface area contributed by atoms with E-state index < -0.39 is 280 Å². The van der Waals surface area contributed by atoms with E-state index in [9.17, 15) is 73.2 Å². The van der Waals surface area contributed by atoms with Crippen LogP contribution in [0.15, 0.2) is 97.7 Å². The minimum Gasteiger partial charge on any atom is -0.508 e. The Morgan fingerprint density at radius 2 is 1.11 bits per heavy atom. The third-order valence-electron chi connectivity index (χ3n) is 24.0. The summed E-state index contributed by atoms with van der Waals surface area (Å²) in [6.07, 6.45) is 1.30. The first-order valence-corrected chi connectivity index (χ1v) is 45.4. The van der Waals surface area contributed by atoms with Crippen LogP contribution in [0.2, 0.25) is 0 Å². The molecule has 3 aromatic heterocycles. The van der Waals surface area contributed by atoms with Crippen molar-refractivity contribution in [2.75, 3.05) is 65.5 Å². The number of hydrogen-bond donors (Lipinski definition) is 19. The van der Waals surface area contributed by atoms with Crippen LogP contribution in [0.3, 0.4) is 0 Å². The number of nitrogens with one attached hydrogen (secondary N) is 12. The number of carbonyl (C=O) groups excluding carboxylic acids is 18. The Bertz CT molecular complexity index is 5170. The van der Waals surface area contributed by atoms with Crippen molar-refractivity contribution in [3.05, 3.63) is 120 Å². The molecular weight excluding hydrogens is 1750 g/mol. The number of thioether (sulfide) groups is 1. The lowest BCUT2D eigenvalue weighted by atomic mass is 9.90. The van der Waals surface area contributed by atoms with Crippen LogP contribution in [0.25, 0.3) is 21.8 Å². The Labute approximate surface area is 770 Å². The number of unbranched alkanes of at least 4 members (excludes halogenated alkanes) is 2. The van der Waals surface area contributed by atoms with Crippen molar-refractivity contribution in [3.8, 4) is 5.75 Å². The maximum atomic E-state index is 15.7. The van der Waals surface area contributed by atoms with Crippen molar-refractivity contribution in [1.82, 2.24) is 92.3 Å². The average Bonchev–Trinajstić information content (AvgIpc) is 1.66. The van der Waals surface area contributed by atoms with Crippen LogP contribution >= 0.6 is 11.8 Å². The van der Waals surface area contributed by atoms with Crippen LogP contribution in [-0.4, -0.2) is 321 Å². The number of Topliss-reactive ketones (excluding diaryl/α,β-unsaturated/α-hetero) is 1. The van der Waals surface area contributed by atoms with Gasteiger partial charge in [-0.25, -0.2) is 4.98 Å². The quantitative estimate of drug-likeness (QED) is 0.0264. The number of primary amides is 3. The van der Waals surface area contributed by atoms with Gasteiger partial charge in [-0.3, -0.25) is 86.3 Å². The number of nitrogens with zero attached hydrogens (tertiary/aromatic N) is 6. The number of hydrogen-bond acceptors (Lipinski definition) is 24. The zero-order valence-corrected chi connectivity index (χ0v) is 75.9. The normalized spacial score (nSPS) is 25.0. The Kier molecular flexibility index (Phi) is 38.3. The lowest BCUT2D eigenvalue weighted by molar-refractivity contribution is -0.149. The van der Waals surface area contributed by atoms with Crippen molar-refractivity contribution >= 4 is 140 Å². The standard InChI is InChI=1S/C89H121N21O22S/c1-7-9-20-68-83(126)99-60(29-31-111)80(123)105-67(79(122)96-42-75(92)118)45-133-46-76(119)98-63(32-49-23-25-54(113)26-24-49)85(128)106(4)48(3)77(120)102-65(38-74(91)117)88(131)109-30-15-22-69(109)84(127)101-62(36-53-41-93-47-97-53)81(124)100-61(27-28-73(90)116)87(130)110-43-55(114)37-71(110)72(115)35-50(33-51-39-94-58-18-13-11-16-56(51)58)78(121)104-66(44-112)82(125)103-64(34-52-40-95-59-19-14-12-17-57(52)59)86(129)108(6)70(21-10-8-2)89(132)107(68)5/h11-14,16-19,23-26,39-41,47-48,50,55,60-71,94-95,111-114H,7-10,15,20-22,27-38,42-46H2,1-6H3,(H2,90,116)(H2,91,117)(H2,92,118)(H,93,97)(H,96,122)(H,98,119)(H,99,126)(H,100,124)(H,101,127)(H,102,120)(H,103,125)(H,104,121)(H,105,123)/t48-,50+,55+,60-,61-,62-,63-,64-,65-,66-,67-,68-,69-,70-,71-/m0/s1. The van der Waals surface area contributed by atoms with Crippen molar-refractivity contribution in [2.45, 2.75) is 221 Å². The molecule has 0 bridgehead atoms. The predicted octanol–water partition coefficient (Wildman–Crippen LogP) is -3.50. The van der Waals surface area contributed by atoms with Crippen LogP contribution in [0.1, 0.15) is 133 Å². The molecule has 22 N–H and O–H groups in total. The first-order valence-electron chi connectivity index (χ1n) is 44.3. The summed E-state index contributed by atoms with van der Waals surface area (Å²) >= 11 is 0.737. The molecule has 3 aliphatic heterocycles. The van der Waals surface area contributed by atoms with Crippen LogP contribution in [-0.2, 0) is 112 Å². The molecule has 0 unspecified atom stereocenters. The van der Waals surface area contributed by atoms with Crippen molar-refractivity contribution in [3.63, 3.8) is 0 Å². The van der Waals surface area contributed by atoms with E-state index in [4.69, 9.17) is 17.2 Å². The van der Waals surface area contributed by atoms with E-state index in [1.165, 1.54) is 64.9 Å². The highest BCUT2D eigenvalue weighted by Gasteiger charge is 2.47. The molecular formula is C89H121N21O22S. The number of amides is 17. The maximum absolute atomic E-state index is 15.7. The van der Waals surface area contributed by atoms with E-state index >= 15 is 33.6 Å². The number of ketones is 1. The van der Waals surface area contributed by atoms with Crippen LogP contribution in [0.4, 0.5) is 0 Å². The number of aromatic amines is 3. The minimum absolute atomic E-state index is 0.0214. The molecule has 15 atom stereocenters. The second-order valence-corrected chi connectivity index (χ2v) is 34.7. The molecule has 0 aliphatic carbocycles. The van der Waals surface area contributed by atoms with Crippen molar-refractivity contribution in [1.29, 1.82) is 0 Å². The van der Waals surface area contributed by atoms with Gasteiger partial charge in [-0.05, 0) is 92.8 Å². The summed E-state index contributed by atoms with van der Waals surface area (Å²) in [7, 11) is 3.84. The highest BCUT2D eigenvalue weighted by molar-refractivity contribution is 8.00. The summed E-state index contributed by atoms with van der Waals surface area (Å²) in [5.74, 6) is -20.1. The summed E-state index contributed by atoms with van der Waals surface area (Å²) in [4.78, 5) is 280. The Hall–Kier alpha value is -13.4. The highest BCUT2D eigenvalue weighted by Crippen LogP contribution is 2.30. The number of para-hydroxylation sites is 2. The Morgan fingerprint density at radius 1 is 0.541 bits per heavy atom. The number of aliphatic hydroxyl groups excluding tert-OH is 3. The lowest BCUT2D eigenvalue weighted by Crippen LogP contribution is -2.61. The SMILES string of the molecule is CCCC[C@H]1C(=O)N(C)[C@@H](CCCC)C(=O)N[C@@H](CCO)C(=O)N[C@H](C(=O)NCC(N)=O)CSCC(=O)N[C@@H](Cc2ccc(O)cc2)C(=O)N(C)[C@@H](C)C(=O)N[C@@H](CC(N)=O)C(=O)N2CCC[C@H]2C(=O)N[C@@H](Cc2c[nH]cn2)C(=O)N[C@@H](CCC(N)=O)C(=O)N2C[C@H](O)C[C@H]2C(=O)C[C@@H](Cc2c[nH]c3ccccc23)C(=O)N[C@@H](CO)C(=O)N[C@@H](Cc2c[nH]c3ccccc23)C(=O)N1C. The van der Waals surface area contributed by atoms with Gasteiger partial charge in [-0.1, -0.05) is 88.1 Å². The summed E-state index contributed by atoms with van der Waals surface area (Å²) < 4.78 is 0. The van der Waals surface area contributed by atoms with Gasteiger partial charge in [0.25, 0.3) is 0 Å². The highest BCUT2D eigenvalue weighted by atomic mass is 32.2. The molecule has 6 aromatic rings. The molecule has 6 heterocycles. The van der Waals surface area contributed by atoms with Gasteiger partial charge < -0.3 is 125 Å². The third kappa shape index (κ3) is 28.3. The molecule has 720 valence electrons. The second-order valence-electron chi connectivity index (χ2n) is 33.7. The van der Waals surface area contributed by atoms with E-state index in [0.29, 0.717) is 64.2 Å². The number of likely N-dealkylation sites (N-methyl/N-ethyl adjacent to an activating group) is 3. The number of carbonyl (C=O) groups is 18. The van der Waals surface area contributed by atoms with Gasteiger partial charge in [0, 0.05) is 131 Å². The van der Waals surface area contributed by atoms with E-state index in [1.807, 2.05) is 13.8 Å². The average molecular weight is 1870 g/mol. The van der Waals surface area contributed by atoms with Gasteiger partial charge in [0.15, 0.2) is 5.78 Å². The summed E-state index contributed by atoms with van der Waals surface area (Å²) in [5, 5.41) is 67.7. The Morgan fingerprint density at radius 3 is 1.73 bits per heavy atom. The lowest BCUT2D eigenvalue weighted by Gasteiger charge is -2.36. The number of aromatic hydroxyl groups is 1. The number of benzene rings is 3. The second kappa shape index (κ2) is 49.2. The molecule has 17 amide bonds. The summed E-state index contributed by atoms with van der Waals surface area (Å²) in [6.45, 7) is 1.62. The first-order chi connectivity index (χ1) is 63.4. The molecule has 0 spiro atoms. The number of aromatic nitrogens is 4. The van der Waals surface area contributed by atoms with Crippen LogP contribution in [0.5, 0.6) is 5.75 Å². The minimum atomic E-state index is -1.89. The number of aliphatic hydroxyl groups is 3. The third-order valence-corrected chi connectivity index (χ3v) is 25.0. The van der Waals surface area contributed by atoms with Gasteiger partial charge in [0.05, 0.1) is 49.5 Å². The smallest absolute Gasteiger partial charge is 0.246 e. The van der Waals surface area contributed by atoms with Gasteiger partial charge >= 0.3 is 0 Å². The molecule has 3 aliphatic rings. The fourth-order valence-electron chi connectivity index (χ4n) is 16.5. The number of fused-ring (bicyclic) bond motifs is 4.